The average molecular weight is 367 g/mol. The van der Waals surface area contributed by atoms with E-state index in [9.17, 15) is 5.11 Å². The van der Waals surface area contributed by atoms with Crippen molar-refractivity contribution in [2.24, 2.45) is 0 Å². The number of aliphatic hydroxyl groups is 1. The summed E-state index contributed by atoms with van der Waals surface area (Å²) < 4.78 is 16.4. The lowest BCUT2D eigenvalue weighted by Gasteiger charge is -2.24. The fourth-order valence-electron chi connectivity index (χ4n) is 2.86. The van der Waals surface area contributed by atoms with Crippen LogP contribution in [-0.2, 0) is 13.1 Å². The van der Waals surface area contributed by atoms with E-state index in [0.717, 1.165) is 22.8 Å². The van der Waals surface area contributed by atoms with Crippen LogP contribution in [0.3, 0.4) is 0 Å². The molecular weight excluding hydrogens is 342 g/mol. The summed E-state index contributed by atoms with van der Waals surface area (Å²) in [6.45, 7) is 2.01. The molecule has 0 amide bonds. The first-order chi connectivity index (χ1) is 13.2. The number of hydrogen-bond acceptors (Lipinski definition) is 5. The summed E-state index contributed by atoms with van der Waals surface area (Å²) in [5, 5.41) is 10.5. The van der Waals surface area contributed by atoms with Gasteiger partial charge in [0.15, 0.2) is 0 Å². The Labute approximate surface area is 159 Å². The lowest BCUT2D eigenvalue weighted by molar-refractivity contribution is 0.0604. The molecule has 3 rings (SSSR count). The number of hydrogen-bond donors (Lipinski definition) is 1. The van der Waals surface area contributed by atoms with Gasteiger partial charge in [0.2, 0.25) is 0 Å². The van der Waals surface area contributed by atoms with Crippen LogP contribution in [-0.4, -0.2) is 36.4 Å². The van der Waals surface area contributed by atoms with E-state index in [1.54, 1.807) is 13.4 Å². The molecule has 1 N–H and O–H groups in total. The second-order valence-electron chi connectivity index (χ2n) is 6.37. The van der Waals surface area contributed by atoms with Crippen molar-refractivity contribution in [3.63, 3.8) is 0 Å². The van der Waals surface area contributed by atoms with Crippen LogP contribution in [0, 0.1) is 0 Å². The average Bonchev–Trinajstić information content (AvgIpc) is 3.21. The highest BCUT2D eigenvalue weighted by Gasteiger charge is 2.15. The molecule has 0 radical (unpaired) electrons. The minimum Gasteiger partial charge on any atom is -0.497 e. The summed E-state index contributed by atoms with van der Waals surface area (Å²) in [4.78, 5) is 2.14. The SMILES string of the molecule is COc1ccc(CN(Cc2ccco2)CC(O)COc2ccccc2)cc1. The molecule has 0 aliphatic heterocycles. The lowest BCUT2D eigenvalue weighted by Crippen LogP contribution is -2.35. The molecule has 0 fully saturated rings. The van der Waals surface area contributed by atoms with Crippen LogP contribution in [0.15, 0.2) is 77.4 Å². The zero-order valence-electron chi connectivity index (χ0n) is 15.5. The number of nitrogens with zero attached hydrogens (tertiary/aromatic N) is 1. The molecule has 0 bridgehead atoms. The van der Waals surface area contributed by atoms with Gasteiger partial charge in [0.1, 0.15) is 30.0 Å². The Hall–Kier alpha value is -2.76. The van der Waals surface area contributed by atoms with Gasteiger partial charge in [-0.3, -0.25) is 4.90 Å². The van der Waals surface area contributed by atoms with Gasteiger partial charge in [-0.15, -0.1) is 0 Å². The van der Waals surface area contributed by atoms with E-state index in [2.05, 4.69) is 4.90 Å². The zero-order chi connectivity index (χ0) is 18.9. The van der Waals surface area contributed by atoms with Gasteiger partial charge in [-0.1, -0.05) is 30.3 Å². The van der Waals surface area contributed by atoms with Crippen molar-refractivity contribution < 1.29 is 19.0 Å². The van der Waals surface area contributed by atoms with Gasteiger partial charge in [-0.2, -0.15) is 0 Å². The standard InChI is InChI=1S/C22H25NO4/c1-25-20-11-9-18(10-12-20)14-23(16-22-8-5-13-26-22)15-19(24)17-27-21-6-3-2-4-7-21/h2-13,19,24H,14-17H2,1H3. The summed E-state index contributed by atoms with van der Waals surface area (Å²) >= 11 is 0. The van der Waals surface area contributed by atoms with Gasteiger partial charge in [-0.05, 0) is 42.0 Å². The van der Waals surface area contributed by atoms with Crippen LogP contribution in [0.2, 0.25) is 0 Å². The minimum atomic E-state index is -0.613. The Balaban J connectivity index is 1.59. The van der Waals surface area contributed by atoms with Gasteiger partial charge < -0.3 is 19.0 Å². The van der Waals surface area contributed by atoms with E-state index in [0.29, 0.717) is 19.6 Å². The van der Waals surface area contributed by atoms with Crippen LogP contribution in [0.4, 0.5) is 0 Å². The smallest absolute Gasteiger partial charge is 0.119 e. The summed E-state index contributed by atoms with van der Waals surface area (Å²) in [6.07, 6.45) is 1.05. The van der Waals surface area contributed by atoms with E-state index in [-0.39, 0.29) is 6.61 Å². The molecule has 27 heavy (non-hydrogen) atoms. The van der Waals surface area contributed by atoms with Gasteiger partial charge in [0, 0.05) is 13.1 Å². The Morgan fingerprint density at radius 3 is 2.37 bits per heavy atom. The number of aliphatic hydroxyl groups excluding tert-OH is 1. The first-order valence-corrected chi connectivity index (χ1v) is 8.96. The number of ether oxygens (including phenoxy) is 2. The first-order valence-electron chi connectivity index (χ1n) is 8.96. The normalized spacial score (nSPS) is 12.1. The third-order valence-corrected chi connectivity index (χ3v) is 4.18. The second kappa shape index (κ2) is 9.80. The minimum absolute atomic E-state index is 0.237. The van der Waals surface area contributed by atoms with Crippen molar-refractivity contribution in [3.8, 4) is 11.5 Å². The molecule has 0 aliphatic rings. The molecule has 5 heteroatoms. The lowest BCUT2D eigenvalue weighted by atomic mass is 10.2. The maximum absolute atomic E-state index is 10.5. The largest absolute Gasteiger partial charge is 0.497 e. The fraction of sp³-hybridized carbons (Fsp3) is 0.273. The van der Waals surface area contributed by atoms with Crippen molar-refractivity contribution >= 4 is 0 Å². The highest BCUT2D eigenvalue weighted by Crippen LogP contribution is 2.16. The van der Waals surface area contributed by atoms with Gasteiger partial charge in [-0.25, -0.2) is 0 Å². The predicted octanol–water partition coefficient (Wildman–Crippen LogP) is 3.73. The zero-order valence-corrected chi connectivity index (χ0v) is 15.5. The van der Waals surface area contributed by atoms with Crippen LogP contribution in [0.1, 0.15) is 11.3 Å². The molecule has 1 unspecified atom stereocenters. The van der Waals surface area contributed by atoms with E-state index >= 15 is 0 Å². The first kappa shape index (κ1) is 19.0. The summed E-state index contributed by atoms with van der Waals surface area (Å²) in [5.41, 5.74) is 1.14. The summed E-state index contributed by atoms with van der Waals surface area (Å²) in [6, 6.07) is 21.3. The van der Waals surface area contributed by atoms with Crippen LogP contribution in [0.5, 0.6) is 11.5 Å². The summed E-state index contributed by atoms with van der Waals surface area (Å²) in [7, 11) is 1.65. The quantitative estimate of drug-likeness (QED) is 0.592. The third-order valence-electron chi connectivity index (χ3n) is 4.18. The Morgan fingerprint density at radius 1 is 0.926 bits per heavy atom. The highest BCUT2D eigenvalue weighted by molar-refractivity contribution is 5.27. The van der Waals surface area contributed by atoms with Crippen molar-refractivity contribution in [1.29, 1.82) is 0 Å². The molecule has 142 valence electrons. The number of para-hydroxylation sites is 1. The van der Waals surface area contributed by atoms with Crippen molar-refractivity contribution in [2.45, 2.75) is 19.2 Å². The van der Waals surface area contributed by atoms with Gasteiger partial charge in [0.05, 0.1) is 19.9 Å². The Morgan fingerprint density at radius 2 is 1.70 bits per heavy atom. The van der Waals surface area contributed by atoms with Crippen molar-refractivity contribution in [3.05, 3.63) is 84.3 Å². The van der Waals surface area contributed by atoms with Crippen LogP contribution >= 0.6 is 0 Å². The highest BCUT2D eigenvalue weighted by atomic mass is 16.5. The molecule has 0 spiro atoms. The maximum atomic E-state index is 10.5. The van der Waals surface area contributed by atoms with Crippen LogP contribution in [0.25, 0.3) is 0 Å². The van der Waals surface area contributed by atoms with Crippen LogP contribution < -0.4 is 9.47 Å². The number of benzene rings is 2. The summed E-state index contributed by atoms with van der Waals surface area (Å²) in [5.74, 6) is 2.44. The maximum Gasteiger partial charge on any atom is 0.119 e. The molecule has 0 saturated carbocycles. The molecule has 0 aliphatic carbocycles. The Kier molecular flexibility index (Phi) is 6.90. The topological polar surface area (TPSA) is 55.1 Å². The van der Waals surface area contributed by atoms with Crippen molar-refractivity contribution in [2.75, 3.05) is 20.3 Å². The van der Waals surface area contributed by atoms with Gasteiger partial charge >= 0.3 is 0 Å². The molecule has 5 nitrogen and oxygen atoms in total. The predicted molar refractivity (Wildman–Crippen MR) is 104 cm³/mol. The van der Waals surface area contributed by atoms with E-state index in [1.165, 1.54) is 0 Å². The van der Waals surface area contributed by atoms with E-state index in [4.69, 9.17) is 13.9 Å². The molecule has 3 aromatic rings. The monoisotopic (exact) mass is 367 g/mol. The molecule has 1 heterocycles. The molecule has 1 atom stereocenters. The molecule has 2 aromatic carbocycles. The second-order valence-corrected chi connectivity index (χ2v) is 6.37. The van der Waals surface area contributed by atoms with Crippen molar-refractivity contribution in [1.82, 2.24) is 4.90 Å². The van der Waals surface area contributed by atoms with E-state index in [1.807, 2.05) is 66.7 Å². The molecule has 1 aromatic heterocycles. The number of rotatable bonds is 10. The fourth-order valence-corrected chi connectivity index (χ4v) is 2.86. The van der Waals surface area contributed by atoms with Gasteiger partial charge in [0.25, 0.3) is 0 Å². The molecule has 0 saturated heterocycles. The Bertz CT molecular complexity index is 772. The molecular formula is C22H25NO4. The third kappa shape index (κ3) is 6.16. The van der Waals surface area contributed by atoms with E-state index < -0.39 is 6.10 Å². The number of methoxy groups -OCH3 is 1. The number of furan rings is 1.